The Labute approximate surface area is 120 Å². The highest BCUT2D eigenvalue weighted by atomic mass is 16.4. The van der Waals surface area contributed by atoms with Crippen molar-refractivity contribution in [3.8, 4) is 0 Å². The Morgan fingerprint density at radius 1 is 1.24 bits per heavy atom. The summed E-state index contributed by atoms with van der Waals surface area (Å²) in [5, 5.41) is 11.8. The molecule has 0 saturated carbocycles. The molecule has 2 heterocycles. The number of carboxylic acid groups (broad SMARTS) is 1. The molecule has 0 saturated heterocycles. The van der Waals surface area contributed by atoms with Gasteiger partial charge < -0.3 is 19.9 Å². The Morgan fingerprint density at radius 3 is 2.86 bits per heavy atom. The van der Waals surface area contributed by atoms with E-state index in [4.69, 9.17) is 5.11 Å². The number of benzene rings is 1. The molecule has 108 valence electrons. The van der Waals surface area contributed by atoms with Crippen molar-refractivity contribution >= 4 is 17.7 Å². The number of nitrogens with zero attached hydrogens (tertiary/aromatic N) is 3. The summed E-state index contributed by atoms with van der Waals surface area (Å²) in [6, 6.07) is 6.02. The lowest BCUT2D eigenvalue weighted by molar-refractivity contribution is 0.0698. The highest BCUT2D eigenvalue weighted by molar-refractivity contribution is 5.99. The zero-order valence-electron chi connectivity index (χ0n) is 11.2. The minimum atomic E-state index is -1.07. The number of rotatable bonds is 2. The monoisotopic (exact) mass is 286 g/mol. The number of nitrogens with one attached hydrogen (secondary N) is 1. The van der Waals surface area contributed by atoms with E-state index in [0.29, 0.717) is 25.3 Å². The van der Waals surface area contributed by atoms with Crippen molar-refractivity contribution in [3.05, 3.63) is 48.0 Å². The van der Waals surface area contributed by atoms with Gasteiger partial charge in [0, 0.05) is 25.5 Å². The van der Waals surface area contributed by atoms with Gasteiger partial charge in [0.05, 0.1) is 17.8 Å². The normalized spacial score (nSPS) is 13.6. The third kappa shape index (κ3) is 2.58. The van der Waals surface area contributed by atoms with E-state index in [0.717, 1.165) is 5.82 Å². The SMILES string of the molecule is O=C(O)c1ccccc1NC(=O)N1CCn2ccnc2C1. The van der Waals surface area contributed by atoms with E-state index in [2.05, 4.69) is 10.3 Å². The van der Waals surface area contributed by atoms with Crippen molar-refractivity contribution in [2.45, 2.75) is 13.1 Å². The van der Waals surface area contributed by atoms with Gasteiger partial charge in [0.25, 0.3) is 0 Å². The van der Waals surface area contributed by atoms with E-state index in [1.807, 2.05) is 10.8 Å². The van der Waals surface area contributed by atoms with Crippen LogP contribution < -0.4 is 5.32 Å². The number of aromatic carboxylic acids is 1. The zero-order chi connectivity index (χ0) is 14.8. The maximum absolute atomic E-state index is 12.3. The molecule has 2 N–H and O–H groups in total. The predicted octanol–water partition coefficient (Wildman–Crippen LogP) is 1.63. The van der Waals surface area contributed by atoms with E-state index in [1.165, 1.54) is 6.07 Å². The van der Waals surface area contributed by atoms with Crippen LogP contribution in [0.15, 0.2) is 36.7 Å². The lowest BCUT2D eigenvalue weighted by Gasteiger charge is -2.28. The number of amides is 2. The number of para-hydroxylation sites is 1. The molecule has 0 spiro atoms. The van der Waals surface area contributed by atoms with E-state index >= 15 is 0 Å². The van der Waals surface area contributed by atoms with Crippen molar-refractivity contribution in [1.82, 2.24) is 14.5 Å². The second kappa shape index (κ2) is 5.28. The number of aromatic nitrogens is 2. The zero-order valence-corrected chi connectivity index (χ0v) is 11.2. The second-order valence-corrected chi connectivity index (χ2v) is 4.74. The molecule has 2 aromatic rings. The third-order valence-electron chi connectivity index (χ3n) is 3.43. The molecular weight excluding hydrogens is 272 g/mol. The summed E-state index contributed by atoms with van der Waals surface area (Å²) in [6.45, 7) is 1.65. The number of urea groups is 1. The summed E-state index contributed by atoms with van der Waals surface area (Å²) in [5.74, 6) is -0.247. The lowest BCUT2D eigenvalue weighted by Crippen LogP contribution is -2.41. The fraction of sp³-hybridized carbons (Fsp3) is 0.214. The van der Waals surface area contributed by atoms with Crippen LogP contribution in [-0.2, 0) is 13.1 Å². The maximum atomic E-state index is 12.3. The van der Waals surface area contributed by atoms with Gasteiger partial charge in [0.1, 0.15) is 5.82 Å². The lowest BCUT2D eigenvalue weighted by atomic mass is 10.2. The number of imidazole rings is 1. The highest BCUT2D eigenvalue weighted by Gasteiger charge is 2.22. The predicted molar refractivity (Wildman–Crippen MR) is 75.1 cm³/mol. The first-order valence-electron chi connectivity index (χ1n) is 6.53. The van der Waals surface area contributed by atoms with Crippen LogP contribution in [0, 0.1) is 0 Å². The largest absolute Gasteiger partial charge is 0.478 e. The Bertz CT molecular complexity index is 695. The maximum Gasteiger partial charge on any atom is 0.337 e. The fourth-order valence-corrected chi connectivity index (χ4v) is 2.32. The minimum Gasteiger partial charge on any atom is -0.478 e. The molecule has 0 aliphatic carbocycles. The van der Waals surface area contributed by atoms with E-state index in [1.54, 1.807) is 29.3 Å². The summed E-state index contributed by atoms with van der Waals surface area (Å²) in [7, 11) is 0. The van der Waals surface area contributed by atoms with Gasteiger partial charge in [-0.15, -0.1) is 0 Å². The Morgan fingerprint density at radius 2 is 2.05 bits per heavy atom. The van der Waals surface area contributed by atoms with Gasteiger partial charge in [-0.25, -0.2) is 14.6 Å². The van der Waals surface area contributed by atoms with E-state index in [9.17, 15) is 9.59 Å². The van der Waals surface area contributed by atoms with Gasteiger partial charge in [-0.3, -0.25) is 0 Å². The van der Waals surface area contributed by atoms with Crippen LogP contribution in [0.2, 0.25) is 0 Å². The topological polar surface area (TPSA) is 87.5 Å². The summed E-state index contributed by atoms with van der Waals surface area (Å²) in [5.41, 5.74) is 0.369. The highest BCUT2D eigenvalue weighted by Crippen LogP contribution is 2.17. The number of anilines is 1. The average molecular weight is 286 g/mol. The Balaban J connectivity index is 1.75. The molecule has 3 rings (SSSR count). The molecule has 0 bridgehead atoms. The molecule has 1 aliphatic heterocycles. The van der Waals surface area contributed by atoms with Crippen molar-refractivity contribution in [1.29, 1.82) is 0 Å². The number of hydrogen-bond acceptors (Lipinski definition) is 3. The van der Waals surface area contributed by atoms with Gasteiger partial charge in [-0.1, -0.05) is 12.1 Å². The van der Waals surface area contributed by atoms with Crippen LogP contribution >= 0.6 is 0 Å². The van der Waals surface area contributed by atoms with Crippen molar-refractivity contribution in [2.75, 3.05) is 11.9 Å². The number of carbonyl (C=O) groups excluding carboxylic acids is 1. The van der Waals surface area contributed by atoms with E-state index < -0.39 is 5.97 Å². The first-order valence-corrected chi connectivity index (χ1v) is 6.53. The summed E-state index contributed by atoms with van der Waals surface area (Å²) < 4.78 is 2.00. The van der Waals surface area contributed by atoms with Crippen molar-refractivity contribution in [2.24, 2.45) is 0 Å². The van der Waals surface area contributed by atoms with Gasteiger partial charge in [0.15, 0.2) is 0 Å². The van der Waals surface area contributed by atoms with Gasteiger partial charge in [-0.2, -0.15) is 0 Å². The molecule has 0 radical (unpaired) electrons. The Kier molecular flexibility index (Phi) is 3.31. The first-order chi connectivity index (χ1) is 10.1. The molecule has 0 fully saturated rings. The molecule has 21 heavy (non-hydrogen) atoms. The number of hydrogen-bond donors (Lipinski definition) is 2. The summed E-state index contributed by atoms with van der Waals surface area (Å²) in [6.07, 6.45) is 3.58. The molecule has 1 aromatic carbocycles. The van der Waals surface area contributed by atoms with E-state index in [-0.39, 0.29) is 11.6 Å². The second-order valence-electron chi connectivity index (χ2n) is 4.74. The van der Waals surface area contributed by atoms with Gasteiger partial charge >= 0.3 is 12.0 Å². The smallest absolute Gasteiger partial charge is 0.337 e. The molecule has 2 amide bonds. The van der Waals surface area contributed by atoms with Crippen molar-refractivity contribution < 1.29 is 14.7 Å². The number of carbonyl (C=O) groups is 2. The van der Waals surface area contributed by atoms with Gasteiger partial charge in [0.2, 0.25) is 0 Å². The van der Waals surface area contributed by atoms with Crippen LogP contribution in [0.3, 0.4) is 0 Å². The van der Waals surface area contributed by atoms with Crippen LogP contribution in [0.25, 0.3) is 0 Å². The molecule has 0 atom stereocenters. The van der Waals surface area contributed by atoms with Gasteiger partial charge in [-0.05, 0) is 12.1 Å². The van der Waals surface area contributed by atoms with Crippen molar-refractivity contribution in [3.63, 3.8) is 0 Å². The fourth-order valence-electron chi connectivity index (χ4n) is 2.32. The molecule has 1 aromatic heterocycles. The van der Waals surface area contributed by atoms with Crippen LogP contribution in [0.4, 0.5) is 10.5 Å². The minimum absolute atomic E-state index is 0.0735. The van der Waals surface area contributed by atoms with Crippen LogP contribution in [0.5, 0.6) is 0 Å². The number of fused-ring (bicyclic) bond motifs is 1. The standard InChI is InChI=1S/C14H14N4O3/c19-13(20)10-3-1-2-4-11(10)16-14(21)18-8-7-17-6-5-15-12(17)9-18/h1-6H,7-9H2,(H,16,21)(H,19,20). The quantitative estimate of drug-likeness (QED) is 0.878. The summed E-state index contributed by atoms with van der Waals surface area (Å²) in [4.78, 5) is 29.2. The number of carboxylic acids is 1. The molecular formula is C14H14N4O3. The molecule has 7 heteroatoms. The average Bonchev–Trinajstić information content (AvgIpc) is 2.94. The molecule has 7 nitrogen and oxygen atoms in total. The Hall–Kier alpha value is -2.83. The first kappa shape index (κ1) is 13.2. The molecule has 1 aliphatic rings. The van der Waals surface area contributed by atoms with Crippen LogP contribution in [0.1, 0.15) is 16.2 Å². The molecule has 0 unspecified atom stereocenters. The van der Waals surface area contributed by atoms with Crippen LogP contribution in [-0.4, -0.2) is 38.1 Å². The third-order valence-corrected chi connectivity index (χ3v) is 3.43. The summed E-state index contributed by atoms with van der Waals surface area (Å²) >= 11 is 0.